The third-order valence-corrected chi connectivity index (χ3v) is 3.82. The molecule has 0 saturated carbocycles. The lowest BCUT2D eigenvalue weighted by Crippen LogP contribution is -2.28. The van der Waals surface area contributed by atoms with Gasteiger partial charge < -0.3 is 15.2 Å². The Bertz CT molecular complexity index is 552. The molecule has 0 heterocycles. The minimum absolute atomic E-state index is 0.0412. The van der Waals surface area contributed by atoms with E-state index >= 15 is 0 Å². The SMILES string of the molecule is COc1ccc(C(C)=O)cc1CC(=O)NCCCC(C)(C)CO. The van der Waals surface area contributed by atoms with Crippen LogP contribution in [-0.4, -0.2) is 37.1 Å². The normalized spacial score (nSPS) is 11.2. The van der Waals surface area contributed by atoms with E-state index in [1.54, 1.807) is 25.3 Å². The van der Waals surface area contributed by atoms with Gasteiger partial charge in [0.1, 0.15) is 5.75 Å². The van der Waals surface area contributed by atoms with Crippen LogP contribution >= 0.6 is 0 Å². The summed E-state index contributed by atoms with van der Waals surface area (Å²) in [6.45, 7) is 6.18. The molecule has 1 amide bonds. The highest BCUT2D eigenvalue weighted by Gasteiger charge is 2.16. The van der Waals surface area contributed by atoms with Crippen LogP contribution in [-0.2, 0) is 11.2 Å². The van der Waals surface area contributed by atoms with Crippen LogP contribution in [0, 0.1) is 5.41 Å². The van der Waals surface area contributed by atoms with Crippen molar-refractivity contribution in [1.29, 1.82) is 0 Å². The van der Waals surface area contributed by atoms with Gasteiger partial charge in [0.25, 0.3) is 0 Å². The molecule has 0 bridgehead atoms. The second-order valence-corrected chi connectivity index (χ2v) is 6.54. The molecule has 23 heavy (non-hydrogen) atoms. The van der Waals surface area contributed by atoms with E-state index < -0.39 is 0 Å². The average Bonchev–Trinajstić information content (AvgIpc) is 2.51. The third-order valence-electron chi connectivity index (χ3n) is 3.82. The number of rotatable bonds is 9. The number of amides is 1. The second-order valence-electron chi connectivity index (χ2n) is 6.54. The number of carbonyl (C=O) groups is 2. The van der Waals surface area contributed by atoms with Crippen LogP contribution in [0.4, 0.5) is 0 Å². The van der Waals surface area contributed by atoms with Gasteiger partial charge in [-0.1, -0.05) is 13.8 Å². The number of aliphatic hydroxyl groups is 1. The van der Waals surface area contributed by atoms with Crippen molar-refractivity contribution in [3.63, 3.8) is 0 Å². The predicted octanol–water partition coefficient (Wildman–Crippen LogP) is 2.36. The molecule has 5 heteroatoms. The van der Waals surface area contributed by atoms with Crippen molar-refractivity contribution in [1.82, 2.24) is 5.32 Å². The average molecular weight is 321 g/mol. The molecule has 2 N–H and O–H groups in total. The van der Waals surface area contributed by atoms with E-state index in [0.717, 1.165) is 12.8 Å². The highest BCUT2D eigenvalue weighted by molar-refractivity contribution is 5.94. The number of hydrogen-bond donors (Lipinski definition) is 2. The Hall–Kier alpha value is -1.88. The van der Waals surface area contributed by atoms with Crippen molar-refractivity contribution >= 4 is 11.7 Å². The fourth-order valence-corrected chi connectivity index (χ4v) is 2.25. The topological polar surface area (TPSA) is 75.6 Å². The Balaban J connectivity index is 2.56. The molecule has 5 nitrogen and oxygen atoms in total. The number of aliphatic hydroxyl groups excluding tert-OH is 1. The molecule has 0 atom stereocenters. The molecular formula is C18H27NO4. The maximum atomic E-state index is 12.1. The molecule has 0 radical (unpaired) electrons. The summed E-state index contributed by atoms with van der Waals surface area (Å²) in [5.74, 6) is 0.456. The molecule has 0 aliphatic carbocycles. The third kappa shape index (κ3) is 6.40. The minimum Gasteiger partial charge on any atom is -0.496 e. The number of methoxy groups -OCH3 is 1. The van der Waals surface area contributed by atoms with E-state index in [1.165, 1.54) is 6.92 Å². The first-order valence-corrected chi connectivity index (χ1v) is 7.84. The first kappa shape index (κ1) is 19.2. The van der Waals surface area contributed by atoms with Gasteiger partial charge in [0.2, 0.25) is 5.91 Å². The number of ketones is 1. The summed E-state index contributed by atoms with van der Waals surface area (Å²) in [5.41, 5.74) is 1.15. The molecule has 1 aromatic carbocycles. The van der Waals surface area contributed by atoms with Crippen molar-refractivity contribution < 1.29 is 19.4 Å². The van der Waals surface area contributed by atoms with Crippen molar-refractivity contribution in [2.45, 2.75) is 40.0 Å². The van der Waals surface area contributed by atoms with Crippen molar-refractivity contribution in [3.05, 3.63) is 29.3 Å². The fraction of sp³-hybridized carbons (Fsp3) is 0.556. The molecule has 0 fully saturated rings. The van der Waals surface area contributed by atoms with E-state index in [-0.39, 0.29) is 30.1 Å². The summed E-state index contributed by atoms with van der Waals surface area (Å²) in [6.07, 6.45) is 1.82. The van der Waals surface area contributed by atoms with Crippen LogP contribution in [0.15, 0.2) is 18.2 Å². The maximum absolute atomic E-state index is 12.1. The number of nitrogens with one attached hydrogen (secondary N) is 1. The number of benzene rings is 1. The van der Waals surface area contributed by atoms with Crippen molar-refractivity contribution in [3.8, 4) is 5.75 Å². The Kier molecular flexibility index (Phi) is 7.23. The molecule has 0 unspecified atom stereocenters. The molecule has 0 spiro atoms. The minimum atomic E-state index is -0.121. The monoisotopic (exact) mass is 321 g/mol. The molecule has 0 aliphatic heterocycles. The predicted molar refractivity (Wildman–Crippen MR) is 89.8 cm³/mol. The van der Waals surface area contributed by atoms with Gasteiger partial charge >= 0.3 is 0 Å². The van der Waals surface area contributed by atoms with Crippen LogP contribution in [0.25, 0.3) is 0 Å². The summed E-state index contributed by atoms with van der Waals surface area (Å²) in [6, 6.07) is 5.11. The molecule has 0 aliphatic rings. The van der Waals surface area contributed by atoms with E-state index in [4.69, 9.17) is 4.74 Å². The van der Waals surface area contributed by atoms with Crippen molar-refractivity contribution in [2.75, 3.05) is 20.3 Å². The summed E-state index contributed by atoms with van der Waals surface area (Å²) in [7, 11) is 1.54. The Morgan fingerprint density at radius 1 is 1.30 bits per heavy atom. The first-order chi connectivity index (χ1) is 10.8. The molecule has 0 saturated heterocycles. The zero-order valence-corrected chi connectivity index (χ0v) is 14.4. The highest BCUT2D eigenvalue weighted by Crippen LogP contribution is 2.22. The Morgan fingerprint density at radius 3 is 2.57 bits per heavy atom. The lowest BCUT2D eigenvalue weighted by molar-refractivity contribution is -0.120. The summed E-state index contributed by atoms with van der Waals surface area (Å²) in [4.78, 5) is 23.5. The Labute approximate surface area is 138 Å². The summed E-state index contributed by atoms with van der Waals surface area (Å²) >= 11 is 0. The van der Waals surface area contributed by atoms with Crippen LogP contribution in [0.5, 0.6) is 5.75 Å². The maximum Gasteiger partial charge on any atom is 0.224 e. The lowest BCUT2D eigenvalue weighted by Gasteiger charge is -2.21. The van der Waals surface area contributed by atoms with E-state index in [0.29, 0.717) is 23.4 Å². The zero-order chi connectivity index (χ0) is 17.5. The number of hydrogen-bond acceptors (Lipinski definition) is 4. The van der Waals surface area contributed by atoms with Crippen LogP contribution in [0.3, 0.4) is 0 Å². The molecule has 1 rings (SSSR count). The van der Waals surface area contributed by atoms with Gasteiger partial charge in [-0.2, -0.15) is 0 Å². The first-order valence-electron chi connectivity index (χ1n) is 7.84. The number of ether oxygens (including phenoxy) is 1. The number of Topliss-reactive ketones (excluding diaryl/α,β-unsaturated/α-hetero) is 1. The largest absolute Gasteiger partial charge is 0.496 e. The summed E-state index contributed by atoms with van der Waals surface area (Å²) < 4.78 is 5.25. The molecule has 1 aromatic rings. The molecule has 0 aromatic heterocycles. The van der Waals surface area contributed by atoms with Crippen molar-refractivity contribution in [2.24, 2.45) is 5.41 Å². The van der Waals surface area contributed by atoms with E-state index in [1.807, 2.05) is 13.8 Å². The quantitative estimate of drug-likeness (QED) is 0.541. The van der Waals surface area contributed by atoms with Crippen LogP contribution < -0.4 is 10.1 Å². The zero-order valence-electron chi connectivity index (χ0n) is 14.4. The van der Waals surface area contributed by atoms with Gasteiger partial charge in [-0.3, -0.25) is 9.59 Å². The van der Waals surface area contributed by atoms with Gasteiger partial charge in [-0.05, 0) is 43.4 Å². The van der Waals surface area contributed by atoms with Gasteiger partial charge in [0, 0.05) is 24.3 Å². The number of carbonyl (C=O) groups excluding carboxylic acids is 2. The van der Waals surface area contributed by atoms with E-state index in [9.17, 15) is 14.7 Å². The molecular weight excluding hydrogens is 294 g/mol. The fourth-order valence-electron chi connectivity index (χ4n) is 2.25. The lowest BCUT2D eigenvalue weighted by atomic mass is 9.89. The van der Waals surface area contributed by atoms with Crippen LogP contribution in [0.1, 0.15) is 49.5 Å². The second kappa shape index (κ2) is 8.67. The van der Waals surface area contributed by atoms with Gasteiger partial charge in [0.15, 0.2) is 5.78 Å². The van der Waals surface area contributed by atoms with E-state index in [2.05, 4.69) is 5.32 Å². The highest BCUT2D eigenvalue weighted by atomic mass is 16.5. The standard InChI is InChI=1S/C18H27NO4/c1-13(21)14-6-7-16(23-4)15(10-14)11-17(22)19-9-5-8-18(2,3)12-20/h6-7,10,20H,5,8-9,11-12H2,1-4H3,(H,19,22). The summed E-state index contributed by atoms with van der Waals surface area (Å²) in [5, 5.41) is 12.1. The van der Waals surface area contributed by atoms with Gasteiger partial charge in [0.05, 0.1) is 13.5 Å². The smallest absolute Gasteiger partial charge is 0.224 e. The molecule has 128 valence electrons. The van der Waals surface area contributed by atoms with Crippen LogP contribution in [0.2, 0.25) is 0 Å². The Morgan fingerprint density at radius 2 is 2.00 bits per heavy atom. The van der Waals surface area contributed by atoms with Gasteiger partial charge in [-0.25, -0.2) is 0 Å². The van der Waals surface area contributed by atoms with Gasteiger partial charge in [-0.15, -0.1) is 0 Å².